The highest BCUT2D eigenvalue weighted by molar-refractivity contribution is 7.21. The second-order valence-electron chi connectivity index (χ2n) is 4.70. The van der Waals surface area contributed by atoms with E-state index in [-0.39, 0.29) is 12.2 Å². The summed E-state index contributed by atoms with van der Waals surface area (Å²) in [5.74, 6) is -0.750. The van der Waals surface area contributed by atoms with Crippen LogP contribution in [0.2, 0.25) is 0 Å². The lowest BCUT2D eigenvalue weighted by molar-refractivity contribution is -0.125. The summed E-state index contributed by atoms with van der Waals surface area (Å²) in [4.78, 5) is 24.4. The van der Waals surface area contributed by atoms with E-state index in [0.29, 0.717) is 0 Å². The minimum Gasteiger partial charge on any atom is -0.369 e. The van der Waals surface area contributed by atoms with Crippen LogP contribution in [0.4, 0.5) is 0 Å². The SMILES string of the molecule is CC(=O)CC(N)=O.c1ccc(-c2nc3ccccc3s2)cc1. The summed E-state index contributed by atoms with van der Waals surface area (Å²) in [7, 11) is 0. The first-order valence-electron chi connectivity index (χ1n) is 6.75. The molecule has 3 rings (SSSR count). The molecule has 112 valence electrons. The number of carbonyl (C=O) groups is 2. The Morgan fingerprint density at radius 2 is 1.68 bits per heavy atom. The number of para-hydroxylation sites is 1. The van der Waals surface area contributed by atoms with Crippen molar-refractivity contribution in [3.8, 4) is 10.6 Å². The van der Waals surface area contributed by atoms with E-state index in [1.165, 1.54) is 17.2 Å². The molecule has 0 spiro atoms. The van der Waals surface area contributed by atoms with Crippen molar-refractivity contribution in [3.05, 3.63) is 54.6 Å². The number of nitrogens with two attached hydrogens (primary N) is 1. The fourth-order valence-electron chi connectivity index (χ4n) is 1.82. The first-order valence-corrected chi connectivity index (χ1v) is 7.56. The average Bonchev–Trinajstić information content (AvgIpc) is 2.91. The van der Waals surface area contributed by atoms with Gasteiger partial charge in [-0.25, -0.2) is 4.98 Å². The number of amides is 1. The van der Waals surface area contributed by atoms with E-state index in [4.69, 9.17) is 0 Å². The van der Waals surface area contributed by atoms with Crippen LogP contribution in [-0.2, 0) is 9.59 Å². The maximum atomic E-state index is 9.95. The molecule has 0 atom stereocenters. The number of hydrogen-bond donors (Lipinski definition) is 1. The fraction of sp³-hybridized carbons (Fsp3) is 0.118. The van der Waals surface area contributed by atoms with Crippen LogP contribution >= 0.6 is 11.3 Å². The predicted molar refractivity (Wildman–Crippen MR) is 89.5 cm³/mol. The molecule has 0 bridgehead atoms. The smallest absolute Gasteiger partial charge is 0.224 e. The van der Waals surface area contributed by atoms with Gasteiger partial charge in [0.25, 0.3) is 0 Å². The van der Waals surface area contributed by atoms with Gasteiger partial charge in [0.15, 0.2) is 0 Å². The zero-order chi connectivity index (χ0) is 15.9. The Hall–Kier alpha value is -2.53. The van der Waals surface area contributed by atoms with Crippen molar-refractivity contribution in [2.24, 2.45) is 5.73 Å². The van der Waals surface area contributed by atoms with Gasteiger partial charge in [-0.15, -0.1) is 11.3 Å². The van der Waals surface area contributed by atoms with Crippen molar-refractivity contribution in [2.75, 3.05) is 0 Å². The van der Waals surface area contributed by atoms with E-state index in [2.05, 4.69) is 41.0 Å². The van der Waals surface area contributed by atoms with Gasteiger partial charge in [-0.2, -0.15) is 0 Å². The number of thiazole rings is 1. The average molecular weight is 312 g/mol. The van der Waals surface area contributed by atoms with Gasteiger partial charge in [0.1, 0.15) is 10.8 Å². The molecule has 0 aliphatic rings. The maximum Gasteiger partial charge on any atom is 0.224 e. The Kier molecular flexibility index (Phi) is 5.38. The first kappa shape index (κ1) is 15.9. The second kappa shape index (κ2) is 7.47. The van der Waals surface area contributed by atoms with Crippen LogP contribution in [0, 0.1) is 0 Å². The molecule has 2 N–H and O–H groups in total. The number of benzene rings is 2. The quantitative estimate of drug-likeness (QED) is 0.753. The highest BCUT2D eigenvalue weighted by atomic mass is 32.1. The normalized spacial score (nSPS) is 9.86. The van der Waals surface area contributed by atoms with Gasteiger partial charge in [0.2, 0.25) is 5.91 Å². The number of hydrogen-bond acceptors (Lipinski definition) is 4. The van der Waals surface area contributed by atoms with Crippen LogP contribution in [0.15, 0.2) is 54.6 Å². The molecule has 0 fully saturated rings. The molecule has 1 heterocycles. The van der Waals surface area contributed by atoms with Crippen molar-refractivity contribution in [1.29, 1.82) is 0 Å². The molecule has 3 aromatic rings. The minimum absolute atomic E-state index is 0.139. The van der Waals surface area contributed by atoms with E-state index >= 15 is 0 Å². The largest absolute Gasteiger partial charge is 0.369 e. The zero-order valence-corrected chi connectivity index (χ0v) is 13.0. The van der Waals surface area contributed by atoms with Gasteiger partial charge in [0, 0.05) is 5.56 Å². The van der Waals surface area contributed by atoms with E-state index in [9.17, 15) is 9.59 Å². The van der Waals surface area contributed by atoms with Crippen molar-refractivity contribution < 1.29 is 9.59 Å². The van der Waals surface area contributed by atoms with Gasteiger partial charge in [-0.3, -0.25) is 9.59 Å². The number of rotatable bonds is 3. The lowest BCUT2D eigenvalue weighted by atomic mass is 10.2. The van der Waals surface area contributed by atoms with Crippen LogP contribution < -0.4 is 5.73 Å². The molecule has 1 amide bonds. The third-order valence-electron chi connectivity index (χ3n) is 2.74. The summed E-state index contributed by atoms with van der Waals surface area (Å²) in [5, 5.41) is 1.09. The molecule has 0 aliphatic heterocycles. The Bertz CT molecular complexity index is 736. The van der Waals surface area contributed by atoms with Crippen molar-refractivity contribution in [1.82, 2.24) is 4.98 Å². The summed E-state index contributed by atoms with van der Waals surface area (Å²) in [6.45, 7) is 1.32. The summed E-state index contributed by atoms with van der Waals surface area (Å²) in [6.07, 6.45) is -0.139. The van der Waals surface area contributed by atoms with E-state index in [1.807, 2.05) is 24.3 Å². The molecule has 0 aliphatic carbocycles. The van der Waals surface area contributed by atoms with E-state index in [0.717, 1.165) is 10.5 Å². The summed E-state index contributed by atoms with van der Waals surface area (Å²) < 4.78 is 1.25. The number of Topliss-reactive ketones (excluding diaryl/α,β-unsaturated/α-hetero) is 1. The highest BCUT2D eigenvalue weighted by Crippen LogP contribution is 2.29. The number of carbonyl (C=O) groups excluding carboxylic acids is 2. The summed E-state index contributed by atoms with van der Waals surface area (Å²) in [6, 6.07) is 18.5. The standard InChI is InChI=1S/C13H9NS.C4H7NO2/c1-2-6-10(7-3-1)13-14-11-8-4-5-9-12(11)15-13;1-3(6)2-4(5)7/h1-9H;2H2,1H3,(H2,5,7). The molecule has 2 aromatic carbocycles. The van der Waals surface area contributed by atoms with Gasteiger partial charge >= 0.3 is 0 Å². The van der Waals surface area contributed by atoms with E-state index in [1.54, 1.807) is 11.3 Å². The molecule has 1 aromatic heterocycles. The first-order chi connectivity index (χ1) is 10.6. The summed E-state index contributed by atoms with van der Waals surface area (Å²) >= 11 is 1.74. The van der Waals surface area contributed by atoms with Crippen LogP contribution in [0.25, 0.3) is 20.8 Å². The molecule has 0 radical (unpaired) electrons. The van der Waals surface area contributed by atoms with Gasteiger partial charge in [-0.05, 0) is 19.1 Å². The molecular weight excluding hydrogens is 296 g/mol. The van der Waals surface area contributed by atoms with Gasteiger partial charge < -0.3 is 5.73 Å². The third kappa shape index (κ3) is 4.49. The van der Waals surface area contributed by atoms with Crippen molar-refractivity contribution >= 4 is 33.2 Å². The zero-order valence-electron chi connectivity index (χ0n) is 12.2. The molecule has 4 nitrogen and oxygen atoms in total. The van der Waals surface area contributed by atoms with E-state index < -0.39 is 5.91 Å². The van der Waals surface area contributed by atoms with Crippen molar-refractivity contribution in [2.45, 2.75) is 13.3 Å². The van der Waals surface area contributed by atoms with Gasteiger partial charge in [0.05, 0.1) is 16.6 Å². The lowest BCUT2D eigenvalue weighted by Crippen LogP contribution is -2.13. The molecule has 22 heavy (non-hydrogen) atoms. The molecule has 5 heteroatoms. The lowest BCUT2D eigenvalue weighted by Gasteiger charge is -1.92. The molecule has 0 saturated carbocycles. The Labute approximate surface area is 132 Å². The Balaban J connectivity index is 0.000000217. The number of fused-ring (bicyclic) bond motifs is 1. The monoisotopic (exact) mass is 312 g/mol. The number of aromatic nitrogens is 1. The maximum absolute atomic E-state index is 9.95. The summed E-state index contributed by atoms with van der Waals surface area (Å²) in [5.41, 5.74) is 6.91. The van der Waals surface area contributed by atoms with Crippen LogP contribution in [-0.4, -0.2) is 16.7 Å². The number of primary amides is 1. The van der Waals surface area contributed by atoms with Crippen LogP contribution in [0.1, 0.15) is 13.3 Å². The molecular formula is C17H16N2O2S. The fourth-order valence-corrected chi connectivity index (χ4v) is 2.79. The van der Waals surface area contributed by atoms with Crippen LogP contribution in [0.5, 0.6) is 0 Å². The molecule has 0 unspecified atom stereocenters. The topological polar surface area (TPSA) is 73.1 Å². The van der Waals surface area contributed by atoms with Crippen molar-refractivity contribution in [3.63, 3.8) is 0 Å². The predicted octanol–water partition coefficient (Wildman–Crippen LogP) is 3.41. The Morgan fingerprint density at radius 1 is 1.05 bits per heavy atom. The minimum atomic E-state index is -0.562. The van der Waals surface area contributed by atoms with Crippen LogP contribution in [0.3, 0.4) is 0 Å². The Morgan fingerprint density at radius 3 is 2.23 bits per heavy atom. The second-order valence-corrected chi connectivity index (χ2v) is 5.73. The van der Waals surface area contributed by atoms with Gasteiger partial charge in [-0.1, -0.05) is 42.5 Å². The number of ketones is 1. The third-order valence-corrected chi connectivity index (χ3v) is 3.82. The number of nitrogens with zero attached hydrogens (tertiary/aromatic N) is 1. The highest BCUT2D eigenvalue weighted by Gasteiger charge is 2.03. The molecule has 0 saturated heterocycles.